The van der Waals surface area contributed by atoms with Gasteiger partial charge < -0.3 is 0 Å². The Hall–Kier alpha value is -1.36. The molecule has 2 heteroatoms. The predicted molar refractivity (Wildman–Crippen MR) is 68.2 cm³/mol. The van der Waals surface area contributed by atoms with Gasteiger partial charge in [-0.1, -0.05) is 26.8 Å². The highest BCUT2D eigenvalue weighted by molar-refractivity contribution is 5.32. The smallest absolute Gasteiger partial charge is 0.123 e. The number of nitrogens with zero attached hydrogens (tertiary/aromatic N) is 1. The van der Waals surface area contributed by atoms with Gasteiger partial charge in [-0.05, 0) is 48.9 Å². The van der Waals surface area contributed by atoms with Crippen LogP contribution in [0.1, 0.15) is 50.7 Å². The summed E-state index contributed by atoms with van der Waals surface area (Å²) in [6.07, 6.45) is 1.63. The van der Waals surface area contributed by atoms with Crippen molar-refractivity contribution in [3.8, 4) is 6.07 Å². The number of halogens is 1. The maximum Gasteiger partial charge on any atom is 0.123 e. The fraction of sp³-hybridized carbons (Fsp3) is 0.533. The number of aryl methyl sites for hydroxylation is 1. The Morgan fingerprint density at radius 1 is 1.35 bits per heavy atom. The molecule has 0 aromatic heterocycles. The zero-order valence-corrected chi connectivity index (χ0v) is 11.0. The van der Waals surface area contributed by atoms with Gasteiger partial charge in [-0.15, -0.1) is 0 Å². The number of hydrogen-bond acceptors (Lipinski definition) is 1. The molecule has 0 saturated heterocycles. The molecule has 0 unspecified atom stereocenters. The Kier molecular flexibility index (Phi) is 4.28. The van der Waals surface area contributed by atoms with Gasteiger partial charge in [-0.2, -0.15) is 5.26 Å². The van der Waals surface area contributed by atoms with Crippen molar-refractivity contribution in [2.75, 3.05) is 0 Å². The van der Waals surface area contributed by atoms with Gasteiger partial charge >= 0.3 is 0 Å². The van der Waals surface area contributed by atoms with E-state index in [9.17, 15) is 9.65 Å². The second-order valence-corrected chi connectivity index (χ2v) is 4.70. The third-order valence-corrected chi connectivity index (χ3v) is 4.01. The summed E-state index contributed by atoms with van der Waals surface area (Å²) in [5.41, 5.74) is 1.67. The number of nitriles is 1. The minimum absolute atomic E-state index is 0.128. The fourth-order valence-corrected chi connectivity index (χ4v) is 2.54. The van der Waals surface area contributed by atoms with E-state index in [1.807, 2.05) is 26.8 Å². The summed E-state index contributed by atoms with van der Waals surface area (Å²) in [5, 5.41) is 9.43. The molecule has 0 bridgehead atoms. The van der Waals surface area contributed by atoms with E-state index in [0.29, 0.717) is 0 Å². The van der Waals surface area contributed by atoms with Crippen LogP contribution in [0.5, 0.6) is 0 Å². The molecular formula is C15H20FN. The summed E-state index contributed by atoms with van der Waals surface area (Å²) in [6, 6.07) is 7.29. The highest BCUT2D eigenvalue weighted by Gasteiger charge is 2.34. The Morgan fingerprint density at radius 2 is 1.94 bits per heavy atom. The molecule has 1 nitrogen and oxygen atoms in total. The highest BCUT2D eigenvalue weighted by Crippen LogP contribution is 2.42. The van der Waals surface area contributed by atoms with Gasteiger partial charge in [0.15, 0.2) is 0 Å². The molecule has 0 aliphatic heterocycles. The molecule has 1 aromatic rings. The summed E-state index contributed by atoms with van der Waals surface area (Å²) < 4.78 is 13.1. The first-order valence-electron chi connectivity index (χ1n) is 6.18. The molecule has 0 amide bonds. The molecule has 1 atom stereocenters. The summed E-state index contributed by atoms with van der Waals surface area (Å²) in [5.74, 6) is -0.0860. The molecule has 0 aliphatic rings. The average Bonchev–Trinajstić information content (AvgIpc) is 2.32. The maximum absolute atomic E-state index is 13.1. The molecule has 0 N–H and O–H groups in total. The zero-order valence-electron chi connectivity index (χ0n) is 11.0. The maximum atomic E-state index is 13.1. The molecule has 0 saturated carbocycles. The third-order valence-electron chi connectivity index (χ3n) is 4.01. The Bertz CT molecular complexity index is 427. The Labute approximate surface area is 103 Å². The topological polar surface area (TPSA) is 23.8 Å². The van der Waals surface area contributed by atoms with Gasteiger partial charge in [-0.3, -0.25) is 0 Å². The van der Waals surface area contributed by atoms with E-state index >= 15 is 0 Å². The van der Waals surface area contributed by atoms with Crippen molar-refractivity contribution in [2.45, 2.75) is 46.5 Å². The summed E-state index contributed by atoms with van der Waals surface area (Å²) in [7, 11) is 0. The van der Waals surface area contributed by atoms with Crippen LogP contribution in [0.3, 0.4) is 0 Å². The summed E-state index contributed by atoms with van der Waals surface area (Å²) in [6.45, 7) is 8.06. The van der Waals surface area contributed by atoms with Crippen LogP contribution in [0.25, 0.3) is 0 Å². The second-order valence-electron chi connectivity index (χ2n) is 4.70. The first-order chi connectivity index (χ1) is 8.00. The first kappa shape index (κ1) is 13.7. The molecular weight excluding hydrogens is 213 g/mol. The molecule has 92 valence electrons. The van der Waals surface area contributed by atoms with E-state index in [1.165, 1.54) is 6.07 Å². The first-order valence-corrected chi connectivity index (χ1v) is 6.18. The number of rotatable bonds is 4. The molecule has 0 fully saturated rings. The van der Waals surface area contributed by atoms with E-state index in [0.717, 1.165) is 24.0 Å². The molecule has 1 rings (SSSR count). The number of hydrogen-bond donors (Lipinski definition) is 0. The number of benzene rings is 1. The zero-order chi connectivity index (χ0) is 13.1. The largest absolute Gasteiger partial charge is 0.207 e. The second kappa shape index (κ2) is 5.31. The summed E-state index contributed by atoms with van der Waals surface area (Å²) in [4.78, 5) is 0. The lowest BCUT2D eigenvalue weighted by molar-refractivity contribution is 0.303. The third kappa shape index (κ3) is 2.49. The molecule has 0 spiro atoms. The lowest BCUT2D eigenvalue weighted by Gasteiger charge is -2.32. The molecule has 0 heterocycles. The molecule has 0 radical (unpaired) electrons. The highest BCUT2D eigenvalue weighted by atomic mass is 19.1. The van der Waals surface area contributed by atoms with Crippen molar-refractivity contribution in [1.29, 1.82) is 5.26 Å². The van der Waals surface area contributed by atoms with Crippen molar-refractivity contribution in [1.82, 2.24) is 0 Å². The van der Waals surface area contributed by atoms with Crippen LogP contribution in [-0.4, -0.2) is 0 Å². The normalized spacial score (nSPS) is 13.2. The van der Waals surface area contributed by atoms with Crippen molar-refractivity contribution in [3.05, 3.63) is 35.1 Å². The average molecular weight is 233 g/mol. The van der Waals surface area contributed by atoms with E-state index in [4.69, 9.17) is 0 Å². The van der Waals surface area contributed by atoms with Crippen LogP contribution >= 0.6 is 0 Å². The monoisotopic (exact) mass is 233 g/mol. The lowest BCUT2D eigenvalue weighted by atomic mass is 9.69. The van der Waals surface area contributed by atoms with E-state index in [-0.39, 0.29) is 17.2 Å². The van der Waals surface area contributed by atoms with Crippen molar-refractivity contribution < 1.29 is 4.39 Å². The molecule has 0 aliphatic carbocycles. The van der Waals surface area contributed by atoms with E-state index in [2.05, 4.69) is 13.0 Å². The van der Waals surface area contributed by atoms with E-state index < -0.39 is 0 Å². The van der Waals surface area contributed by atoms with Crippen LogP contribution in [0, 0.1) is 29.5 Å². The fourth-order valence-electron chi connectivity index (χ4n) is 2.54. The van der Waals surface area contributed by atoms with Gasteiger partial charge in [-0.25, -0.2) is 4.39 Å². The predicted octanol–water partition coefficient (Wildman–Crippen LogP) is 4.57. The van der Waals surface area contributed by atoms with Crippen molar-refractivity contribution in [3.63, 3.8) is 0 Å². The minimum atomic E-state index is -0.345. The lowest BCUT2D eigenvalue weighted by Crippen LogP contribution is -2.24. The molecule has 1 aromatic carbocycles. The van der Waals surface area contributed by atoms with Crippen LogP contribution < -0.4 is 0 Å². The standard InChI is InChI=1S/C15H20FN/c1-5-15(6-2,10-17)12(4)14-8-7-13(16)9-11(14)3/h7-9,12H,5-6H2,1-4H3/t12-/m0/s1. The summed E-state index contributed by atoms with van der Waals surface area (Å²) >= 11 is 0. The van der Waals surface area contributed by atoms with Gasteiger partial charge in [0.05, 0.1) is 11.5 Å². The minimum Gasteiger partial charge on any atom is -0.207 e. The molecule has 17 heavy (non-hydrogen) atoms. The van der Waals surface area contributed by atoms with Gasteiger partial charge in [0.2, 0.25) is 0 Å². The van der Waals surface area contributed by atoms with E-state index in [1.54, 1.807) is 6.07 Å². The van der Waals surface area contributed by atoms with Crippen LogP contribution in [-0.2, 0) is 0 Å². The van der Waals surface area contributed by atoms with Gasteiger partial charge in [0, 0.05) is 0 Å². The van der Waals surface area contributed by atoms with Gasteiger partial charge in [0.25, 0.3) is 0 Å². The van der Waals surface area contributed by atoms with Crippen molar-refractivity contribution in [2.24, 2.45) is 5.41 Å². The van der Waals surface area contributed by atoms with Crippen molar-refractivity contribution >= 4 is 0 Å². The van der Waals surface area contributed by atoms with Crippen LogP contribution in [0.4, 0.5) is 4.39 Å². The Morgan fingerprint density at radius 3 is 2.35 bits per heavy atom. The quantitative estimate of drug-likeness (QED) is 0.747. The van der Waals surface area contributed by atoms with Gasteiger partial charge in [0.1, 0.15) is 5.82 Å². The SMILES string of the molecule is CCC(C#N)(CC)[C@@H](C)c1ccc(F)cc1C. The van der Waals surface area contributed by atoms with Crippen LogP contribution in [0.2, 0.25) is 0 Å². The van der Waals surface area contributed by atoms with Crippen LogP contribution in [0.15, 0.2) is 18.2 Å². The Balaban J connectivity index is 3.19.